The van der Waals surface area contributed by atoms with E-state index in [9.17, 15) is 140 Å². The van der Waals surface area contributed by atoms with E-state index in [1.54, 1.807) is 0 Å². The Hall–Kier alpha value is -1.66. The Labute approximate surface area is 258 Å². The lowest BCUT2D eigenvalue weighted by atomic mass is 9.83. The molecule has 0 aromatic rings. The molecule has 0 heterocycles. The van der Waals surface area contributed by atoms with Crippen molar-refractivity contribution in [3.05, 3.63) is 0 Å². The molecule has 0 fully saturated rings. The molecular formula is C16Cl2F32. The van der Waals surface area contributed by atoms with E-state index in [0.29, 0.717) is 0 Å². The average Bonchev–Trinajstić information content (AvgIpc) is 2.85. The van der Waals surface area contributed by atoms with Gasteiger partial charge in [-0.1, -0.05) is 0 Å². The molecule has 0 radical (unpaired) electrons. The maximum Gasteiger partial charge on any atom is 0.393 e. The standard InChI is InChI=1S/C16Cl2F32/c17-15(47,48)13(43,44)11(39,40)9(35,36)7(31,32)5(27,28)3(23,24)1(19,20)2(21,22)4(25,26)6(29,30)8(33,34)10(37,38)12(41,42)14(45,46)16(18,49)50. The van der Waals surface area contributed by atoms with Crippen LogP contribution in [0.3, 0.4) is 0 Å². The Kier molecular flexibility index (Phi) is 11.0. The summed E-state index contributed by atoms with van der Waals surface area (Å²) in [5, 5.41) is -14.8. The van der Waals surface area contributed by atoms with Crippen molar-refractivity contribution in [3.63, 3.8) is 0 Å². The van der Waals surface area contributed by atoms with Gasteiger partial charge in [-0.25, -0.2) is 0 Å². The Morgan fingerprint density at radius 1 is 0.140 bits per heavy atom. The minimum absolute atomic E-state index is 3.14. The predicted molar refractivity (Wildman–Crippen MR) is 90.9 cm³/mol. The van der Waals surface area contributed by atoms with Crippen LogP contribution in [0.5, 0.6) is 0 Å². The van der Waals surface area contributed by atoms with Crippen LogP contribution >= 0.6 is 23.2 Å². The molecule has 0 nitrogen and oxygen atoms in total. The minimum Gasteiger partial charge on any atom is -0.192 e. The zero-order valence-electron chi connectivity index (χ0n) is 20.9. The normalized spacial score (nSPS) is 17.4. The highest BCUT2D eigenvalue weighted by Crippen LogP contribution is 2.70. The van der Waals surface area contributed by atoms with Crippen LogP contribution < -0.4 is 0 Å². The van der Waals surface area contributed by atoms with Gasteiger partial charge >= 0.3 is 93.7 Å². The van der Waals surface area contributed by atoms with E-state index in [-0.39, 0.29) is 0 Å². The first kappa shape index (κ1) is 48.3. The summed E-state index contributed by atoms with van der Waals surface area (Å²) >= 11 is 6.28. The van der Waals surface area contributed by atoms with E-state index < -0.39 is 93.7 Å². The van der Waals surface area contributed by atoms with Gasteiger partial charge < -0.3 is 0 Å². The van der Waals surface area contributed by atoms with E-state index >= 15 is 0 Å². The van der Waals surface area contributed by atoms with Gasteiger partial charge in [0.2, 0.25) is 0 Å². The first-order valence-corrected chi connectivity index (χ1v) is 10.9. The first-order valence-electron chi connectivity index (χ1n) is 10.2. The van der Waals surface area contributed by atoms with Crippen LogP contribution in [-0.2, 0) is 0 Å². The number of hydrogen-bond donors (Lipinski definition) is 0. The second-order valence-corrected chi connectivity index (χ2v) is 9.99. The molecule has 0 saturated carbocycles. The fourth-order valence-electron chi connectivity index (χ4n) is 2.72. The Balaban J connectivity index is 7.70. The fraction of sp³-hybridized carbons (Fsp3) is 1.00. The van der Waals surface area contributed by atoms with Gasteiger partial charge in [-0.05, 0) is 23.2 Å². The molecule has 0 atom stereocenters. The maximum atomic E-state index is 13.7. The van der Waals surface area contributed by atoms with Gasteiger partial charge in [-0.3, -0.25) is 0 Å². The van der Waals surface area contributed by atoms with Crippen LogP contribution in [-0.4, -0.2) is 93.7 Å². The number of hydrogen-bond acceptors (Lipinski definition) is 0. The maximum absolute atomic E-state index is 13.7. The SMILES string of the molecule is FC(F)(Cl)C(F)(F)C(F)(F)C(F)(F)C(F)(F)C(F)(F)C(F)(F)C(F)(F)C(F)(F)C(F)(F)C(F)(F)C(F)(F)C(F)(F)C(F)(F)C(F)(F)C(F)(F)Cl. The molecule has 0 amide bonds. The smallest absolute Gasteiger partial charge is 0.192 e. The molecule has 34 heteroatoms. The molecule has 0 bridgehead atoms. The van der Waals surface area contributed by atoms with Crippen molar-refractivity contribution in [2.24, 2.45) is 0 Å². The minimum atomic E-state index is -10.1. The highest BCUT2D eigenvalue weighted by Gasteiger charge is 3.01. The third-order valence-electron chi connectivity index (χ3n) is 5.84. The van der Waals surface area contributed by atoms with Crippen molar-refractivity contribution in [1.82, 2.24) is 0 Å². The van der Waals surface area contributed by atoms with E-state index in [2.05, 4.69) is 23.2 Å². The molecule has 0 saturated heterocycles. The molecule has 0 rings (SSSR count). The first-order chi connectivity index (χ1) is 20.8. The molecule has 0 aliphatic heterocycles. The van der Waals surface area contributed by atoms with Crippen molar-refractivity contribution in [1.29, 1.82) is 0 Å². The largest absolute Gasteiger partial charge is 0.393 e. The van der Waals surface area contributed by atoms with Crippen LogP contribution in [0, 0.1) is 0 Å². The zero-order valence-corrected chi connectivity index (χ0v) is 22.4. The van der Waals surface area contributed by atoms with Gasteiger partial charge in [0.05, 0.1) is 0 Å². The molecule has 0 N–H and O–H groups in total. The third-order valence-corrected chi connectivity index (χ3v) is 6.31. The van der Waals surface area contributed by atoms with E-state index in [4.69, 9.17) is 0 Å². The van der Waals surface area contributed by atoms with Crippen LogP contribution in [0.4, 0.5) is 140 Å². The van der Waals surface area contributed by atoms with Crippen molar-refractivity contribution < 1.29 is 140 Å². The monoisotopic (exact) mass is 870 g/mol. The summed E-state index contributed by atoms with van der Waals surface area (Å²) in [6.07, 6.45) is 0. The van der Waals surface area contributed by atoms with Gasteiger partial charge in [0.1, 0.15) is 0 Å². The summed E-state index contributed by atoms with van der Waals surface area (Å²) in [5.41, 5.74) is 0. The highest BCUT2D eigenvalue weighted by atomic mass is 35.5. The lowest BCUT2D eigenvalue weighted by molar-refractivity contribution is -0.487. The number of rotatable bonds is 15. The van der Waals surface area contributed by atoms with Gasteiger partial charge in [0.25, 0.3) is 0 Å². The topological polar surface area (TPSA) is 0 Å². The summed E-state index contributed by atoms with van der Waals surface area (Å²) in [7, 11) is 0. The molecule has 0 spiro atoms. The Morgan fingerprint density at radius 2 is 0.200 bits per heavy atom. The summed E-state index contributed by atoms with van der Waals surface area (Å²) in [6, 6.07) is 0. The van der Waals surface area contributed by atoms with Crippen molar-refractivity contribution in [2.75, 3.05) is 0 Å². The summed E-state index contributed by atoms with van der Waals surface area (Å²) in [5.74, 6) is -134. The van der Waals surface area contributed by atoms with Crippen molar-refractivity contribution in [2.45, 2.75) is 93.7 Å². The van der Waals surface area contributed by atoms with Crippen LogP contribution in [0.25, 0.3) is 0 Å². The van der Waals surface area contributed by atoms with Crippen LogP contribution in [0.1, 0.15) is 0 Å². The quantitative estimate of drug-likeness (QED) is 0.114. The molecule has 302 valence electrons. The van der Waals surface area contributed by atoms with Crippen LogP contribution in [0.15, 0.2) is 0 Å². The molecular weight excluding hydrogens is 871 g/mol. The van der Waals surface area contributed by atoms with Crippen molar-refractivity contribution in [3.8, 4) is 0 Å². The van der Waals surface area contributed by atoms with E-state index in [0.717, 1.165) is 0 Å². The predicted octanol–water partition coefficient (Wildman–Crippen LogP) is 11.5. The Bertz CT molecular complexity index is 1150. The summed E-state index contributed by atoms with van der Waals surface area (Å²) in [6.45, 7) is 0. The van der Waals surface area contributed by atoms with Gasteiger partial charge in [0, 0.05) is 0 Å². The lowest BCUT2D eigenvalue weighted by Gasteiger charge is -2.46. The fourth-order valence-corrected chi connectivity index (χ4v) is 2.96. The number of halogens is 34. The van der Waals surface area contributed by atoms with Gasteiger partial charge in [-0.2, -0.15) is 140 Å². The third kappa shape index (κ3) is 5.36. The van der Waals surface area contributed by atoms with Gasteiger partial charge in [-0.15, -0.1) is 0 Å². The Morgan fingerprint density at radius 3 is 0.260 bits per heavy atom. The van der Waals surface area contributed by atoms with Crippen LogP contribution in [0.2, 0.25) is 0 Å². The van der Waals surface area contributed by atoms with Crippen molar-refractivity contribution >= 4 is 23.2 Å². The van der Waals surface area contributed by atoms with Gasteiger partial charge in [0.15, 0.2) is 0 Å². The highest BCUT2D eigenvalue weighted by molar-refractivity contribution is 6.22. The second-order valence-electron chi connectivity index (χ2n) is 9.04. The molecule has 0 aliphatic carbocycles. The molecule has 0 aliphatic rings. The molecule has 0 unspecified atom stereocenters. The molecule has 0 aromatic carbocycles. The summed E-state index contributed by atoms with van der Waals surface area (Å²) in [4.78, 5) is 0. The van der Waals surface area contributed by atoms with E-state index in [1.807, 2.05) is 0 Å². The lowest BCUT2D eigenvalue weighted by Crippen LogP contribution is -2.79. The molecule has 0 aromatic heterocycles. The zero-order chi connectivity index (χ0) is 42.0. The average molecular weight is 871 g/mol. The molecule has 50 heavy (non-hydrogen) atoms. The summed E-state index contributed by atoms with van der Waals surface area (Å²) < 4.78 is 427. The van der Waals surface area contributed by atoms with E-state index in [1.165, 1.54) is 0 Å². The number of alkyl halides is 34. The second kappa shape index (κ2) is 11.4.